The largest absolute Gasteiger partial charge is 0.508 e. The molecule has 0 aromatic heterocycles. The highest BCUT2D eigenvalue weighted by molar-refractivity contribution is 9.10. The molecule has 0 spiro atoms. The molecule has 0 atom stereocenters. The SMILES string of the molecule is O=C(O)CC1(c2ccc(O)cc2Br)CC1. The molecule has 1 aliphatic rings. The maximum Gasteiger partial charge on any atom is 0.304 e. The molecule has 1 fully saturated rings. The zero-order valence-electron chi connectivity index (χ0n) is 8.03. The lowest BCUT2D eigenvalue weighted by atomic mass is 9.92. The van der Waals surface area contributed by atoms with Crippen LogP contribution in [-0.2, 0) is 10.2 Å². The van der Waals surface area contributed by atoms with Crippen molar-refractivity contribution in [2.75, 3.05) is 0 Å². The summed E-state index contributed by atoms with van der Waals surface area (Å²) < 4.78 is 0.793. The van der Waals surface area contributed by atoms with Gasteiger partial charge >= 0.3 is 5.97 Å². The van der Waals surface area contributed by atoms with E-state index < -0.39 is 5.97 Å². The smallest absolute Gasteiger partial charge is 0.304 e. The van der Waals surface area contributed by atoms with Crippen LogP contribution in [0.25, 0.3) is 0 Å². The van der Waals surface area contributed by atoms with E-state index in [9.17, 15) is 9.90 Å². The van der Waals surface area contributed by atoms with E-state index in [1.54, 1.807) is 18.2 Å². The summed E-state index contributed by atoms with van der Waals surface area (Å²) in [5.41, 5.74) is 0.779. The summed E-state index contributed by atoms with van der Waals surface area (Å²) in [5, 5.41) is 18.1. The summed E-state index contributed by atoms with van der Waals surface area (Å²) in [6, 6.07) is 5.01. The highest BCUT2D eigenvalue weighted by atomic mass is 79.9. The standard InChI is InChI=1S/C11H11BrO3/c12-9-5-7(13)1-2-8(9)11(3-4-11)6-10(14)15/h1-2,5,13H,3-4,6H2,(H,14,15). The average molecular weight is 271 g/mol. The van der Waals surface area contributed by atoms with E-state index in [4.69, 9.17) is 5.11 Å². The fourth-order valence-corrected chi connectivity index (χ4v) is 2.70. The van der Waals surface area contributed by atoms with E-state index in [2.05, 4.69) is 15.9 Å². The van der Waals surface area contributed by atoms with Gasteiger partial charge in [0.25, 0.3) is 0 Å². The average Bonchev–Trinajstić information content (AvgIpc) is 2.83. The third-order valence-corrected chi connectivity index (χ3v) is 3.52. The predicted octanol–water partition coefficient (Wildman–Crippen LogP) is 2.66. The van der Waals surface area contributed by atoms with Crippen LogP contribution in [0.3, 0.4) is 0 Å². The first-order valence-electron chi connectivity index (χ1n) is 4.74. The van der Waals surface area contributed by atoms with Gasteiger partial charge in [-0.3, -0.25) is 4.79 Å². The number of carboxylic acids is 1. The van der Waals surface area contributed by atoms with Crippen LogP contribution in [0.4, 0.5) is 0 Å². The molecule has 0 amide bonds. The summed E-state index contributed by atoms with van der Waals surface area (Å²) >= 11 is 3.36. The van der Waals surface area contributed by atoms with Gasteiger partial charge in [0.1, 0.15) is 5.75 Å². The first kappa shape index (κ1) is 10.5. The predicted molar refractivity (Wildman–Crippen MR) is 59.0 cm³/mol. The number of carbonyl (C=O) groups is 1. The Balaban J connectivity index is 2.33. The zero-order chi connectivity index (χ0) is 11.1. The number of hydrogen-bond acceptors (Lipinski definition) is 2. The molecule has 1 aromatic rings. The number of halogens is 1. The first-order valence-corrected chi connectivity index (χ1v) is 5.54. The Bertz CT molecular complexity index is 410. The molecule has 0 unspecified atom stereocenters. The van der Waals surface area contributed by atoms with Crippen molar-refractivity contribution in [3.05, 3.63) is 28.2 Å². The maximum atomic E-state index is 10.7. The van der Waals surface area contributed by atoms with E-state index in [1.165, 1.54) is 0 Å². The van der Waals surface area contributed by atoms with Gasteiger partial charge in [0.2, 0.25) is 0 Å². The molecular formula is C11H11BrO3. The molecule has 0 saturated heterocycles. The van der Waals surface area contributed by atoms with Gasteiger partial charge in [-0.05, 0) is 30.5 Å². The van der Waals surface area contributed by atoms with Gasteiger partial charge in [0.15, 0.2) is 0 Å². The minimum Gasteiger partial charge on any atom is -0.508 e. The second-order valence-electron chi connectivity index (χ2n) is 4.01. The van der Waals surface area contributed by atoms with Crippen LogP contribution in [0, 0.1) is 0 Å². The molecule has 0 aliphatic heterocycles. The summed E-state index contributed by atoms with van der Waals surface area (Å²) in [7, 11) is 0. The summed E-state index contributed by atoms with van der Waals surface area (Å²) in [5.74, 6) is -0.579. The molecule has 0 bridgehead atoms. The van der Waals surface area contributed by atoms with E-state index in [-0.39, 0.29) is 17.6 Å². The third-order valence-electron chi connectivity index (χ3n) is 2.87. The number of hydrogen-bond donors (Lipinski definition) is 2. The lowest BCUT2D eigenvalue weighted by molar-refractivity contribution is -0.137. The van der Waals surface area contributed by atoms with Gasteiger partial charge in [-0.25, -0.2) is 0 Å². The second-order valence-corrected chi connectivity index (χ2v) is 4.87. The lowest BCUT2D eigenvalue weighted by Crippen LogP contribution is -2.13. The van der Waals surface area contributed by atoms with Gasteiger partial charge in [0, 0.05) is 9.89 Å². The molecule has 0 heterocycles. The number of phenols is 1. The maximum absolute atomic E-state index is 10.7. The lowest BCUT2D eigenvalue weighted by Gasteiger charge is -2.15. The Morgan fingerprint density at radius 2 is 2.13 bits per heavy atom. The van der Waals surface area contributed by atoms with Crippen LogP contribution >= 0.6 is 15.9 Å². The van der Waals surface area contributed by atoms with Crippen molar-refractivity contribution >= 4 is 21.9 Å². The summed E-state index contributed by atoms with van der Waals surface area (Å²) in [4.78, 5) is 10.7. The first-order chi connectivity index (χ1) is 7.03. The van der Waals surface area contributed by atoms with Crippen molar-refractivity contribution < 1.29 is 15.0 Å². The summed E-state index contributed by atoms with van der Waals surface area (Å²) in [6.45, 7) is 0. The fourth-order valence-electron chi connectivity index (χ4n) is 1.92. The molecule has 80 valence electrons. The molecule has 4 heteroatoms. The number of phenolic OH excluding ortho intramolecular Hbond substituents is 1. The Labute approximate surface area is 95.9 Å². The highest BCUT2D eigenvalue weighted by Crippen LogP contribution is 2.53. The van der Waals surface area contributed by atoms with Gasteiger partial charge in [-0.2, -0.15) is 0 Å². The fraction of sp³-hybridized carbons (Fsp3) is 0.364. The van der Waals surface area contributed by atoms with Crippen molar-refractivity contribution in [1.29, 1.82) is 0 Å². The monoisotopic (exact) mass is 270 g/mol. The molecule has 2 N–H and O–H groups in total. The van der Waals surface area contributed by atoms with Crippen LogP contribution in [0.2, 0.25) is 0 Å². The van der Waals surface area contributed by atoms with Crippen molar-refractivity contribution in [3.8, 4) is 5.75 Å². The molecule has 1 aliphatic carbocycles. The van der Waals surface area contributed by atoms with Crippen molar-refractivity contribution in [2.45, 2.75) is 24.7 Å². The zero-order valence-corrected chi connectivity index (χ0v) is 9.62. The van der Waals surface area contributed by atoms with E-state index >= 15 is 0 Å². The number of aromatic hydroxyl groups is 1. The van der Waals surface area contributed by atoms with Crippen molar-refractivity contribution in [1.82, 2.24) is 0 Å². The van der Waals surface area contributed by atoms with E-state index in [0.29, 0.717) is 0 Å². The van der Waals surface area contributed by atoms with Gasteiger partial charge in [-0.15, -0.1) is 0 Å². The number of carboxylic acid groups (broad SMARTS) is 1. The molecule has 3 nitrogen and oxygen atoms in total. The molecule has 0 radical (unpaired) electrons. The molecule has 2 rings (SSSR count). The normalized spacial score (nSPS) is 17.4. The van der Waals surface area contributed by atoms with Crippen LogP contribution in [-0.4, -0.2) is 16.2 Å². The minimum atomic E-state index is -0.771. The summed E-state index contributed by atoms with van der Waals surface area (Å²) in [6.07, 6.45) is 1.97. The van der Waals surface area contributed by atoms with Crippen molar-refractivity contribution in [2.24, 2.45) is 0 Å². The van der Waals surface area contributed by atoms with Crippen LogP contribution < -0.4 is 0 Å². The highest BCUT2D eigenvalue weighted by Gasteiger charge is 2.46. The number of rotatable bonds is 3. The molecule has 1 aromatic carbocycles. The number of benzene rings is 1. The Kier molecular flexibility index (Phi) is 2.46. The van der Waals surface area contributed by atoms with Crippen LogP contribution in [0.15, 0.2) is 22.7 Å². The molecule has 15 heavy (non-hydrogen) atoms. The van der Waals surface area contributed by atoms with Crippen LogP contribution in [0.5, 0.6) is 5.75 Å². The Morgan fingerprint density at radius 3 is 2.60 bits per heavy atom. The minimum absolute atomic E-state index is 0.163. The second kappa shape index (κ2) is 3.52. The molecule has 1 saturated carbocycles. The number of aliphatic carboxylic acids is 1. The van der Waals surface area contributed by atoms with Crippen molar-refractivity contribution in [3.63, 3.8) is 0 Å². The van der Waals surface area contributed by atoms with E-state index in [1.807, 2.05) is 0 Å². The van der Waals surface area contributed by atoms with Gasteiger partial charge in [0.05, 0.1) is 6.42 Å². The van der Waals surface area contributed by atoms with E-state index in [0.717, 1.165) is 22.9 Å². The Morgan fingerprint density at radius 1 is 1.47 bits per heavy atom. The quantitative estimate of drug-likeness (QED) is 0.888. The van der Waals surface area contributed by atoms with Gasteiger partial charge in [-0.1, -0.05) is 22.0 Å². The topological polar surface area (TPSA) is 57.5 Å². The third kappa shape index (κ3) is 2.00. The Hall–Kier alpha value is -1.03. The van der Waals surface area contributed by atoms with Crippen LogP contribution in [0.1, 0.15) is 24.8 Å². The van der Waals surface area contributed by atoms with Gasteiger partial charge < -0.3 is 10.2 Å². The molecular weight excluding hydrogens is 260 g/mol.